The molecule has 2 N–H and O–H groups in total. The number of nitrogens with two attached hydrogens (primary N) is 1. The van der Waals surface area contributed by atoms with Gasteiger partial charge in [-0.3, -0.25) is 0 Å². The summed E-state index contributed by atoms with van der Waals surface area (Å²) in [4.78, 5) is 0. The maximum atomic E-state index is 12.2. The van der Waals surface area contributed by atoms with Crippen molar-refractivity contribution < 1.29 is 8.42 Å². The standard InChI is InChI=1S/C13H27NO2S/c1-3-5-9-17(15,16)13-10-11(6-4-2)7-8-12(13)14/h11-13H,3-10,14H2,1-2H3. The normalized spacial score (nSPS) is 30.4. The maximum absolute atomic E-state index is 12.2. The van der Waals surface area contributed by atoms with Gasteiger partial charge in [-0.2, -0.15) is 0 Å². The van der Waals surface area contributed by atoms with Gasteiger partial charge in [-0.15, -0.1) is 0 Å². The van der Waals surface area contributed by atoms with Gasteiger partial charge in [0.1, 0.15) is 0 Å². The summed E-state index contributed by atoms with van der Waals surface area (Å²) in [5.41, 5.74) is 6.02. The van der Waals surface area contributed by atoms with Crippen molar-refractivity contribution in [3.8, 4) is 0 Å². The third kappa shape index (κ3) is 4.25. The average molecular weight is 261 g/mol. The minimum atomic E-state index is -2.97. The quantitative estimate of drug-likeness (QED) is 0.799. The van der Waals surface area contributed by atoms with Crippen LogP contribution >= 0.6 is 0 Å². The molecule has 0 amide bonds. The van der Waals surface area contributed by atoms with E-state index in [1.165, 1.54) is 0 Å². The SMILES string of the molecule is CCCCS(=O)(=O)C1CC(CCC)CCC1N. The van der Waals surface area contributed by atoms with Crippen LogP contribution in [-0.4, -0.2) is 25.5 Å². The first-order valence-corrected chi connectivity index (χ1v) is 8.70. The van der Waals surface area contributed by atoms with Crippen molar-refractivity contribution in [3.05, 3.63) is 0 Å². The molecule has 1 fully saturated rings. The van der Waals surface area contributed by atoms with Crippen LogP contribution in [0.2, 0.25) is 0 Å². The van der Waals surface area contributed by atoms with Gasteiger partial charge in [0.05, 0.1) is 11.0 Å². The fourth-order valence-corrected chi connectivity index (χ4v) is 5.04. The molecule has 1 aliphatic rings. The minimum absolute atomic E-state index is 0.134. The van der Waals surface area contributed by atoms with Gasteiger partial charge < -0.3 is 5.73 Å². The smallest absolute Gasteiger partial charge is 0.154 e. The summed E-state index contributed by atoms with van der Waals surface area (Å²) >= 11 is 0. The summed E-state index contributed by atoms with van der Waals surface area (Å²) in [5.74, 6) is 0.891. The van der Waals surface area contributed by atoms with Crippen LogP contribution in [0.4, 0.5) is 0 Å². The fraction of sp³-hybridized carbons (Fsp3) is 1.00. The lowest BCUT2D eigenvalue weighted by Crippen LogP contribution is -2.46. The van der Waals surface area contributed by atoms with E-state index in [0.717, 1.165) is 44.9 Å². The van der Waals surface area contributed by atoms with Crippen LogP contribution < -0.4 is 5.73 Å². The van der Waals surface area contributed by atoms with Gasteiger partial charge in [0, 0.05) is 6.04 Å². The van der Waals surface area contributed by atoms with E-state index in [1.54, 1.807) is 0 Å². The molecule has 1 rings (SSSR count). The Morgan fingerprint density at radius 1 is 1.18 bits per heavy atom. The van der Waals surface area contributed by atoms with E-state index in [0.29, 0.717) is 11.7 Å². The minimum Gasteiger partial charge on any atom is -0.327 e. The largest absolute Gasteiger partial charge is 0.327 e. The van der Waals surface area contributed by atoms with E-state index < -0.39 is 9.84 Å². The predicted octanol–water partition coefficient (Wildman–Crippen LogP) is 2.50. The average Bonchev–Trinajstić information content (AvgIpc) is 2.29. The zero-order valence-corrected chi connectivity index (χ0v) is 12.0. The molecule has 1 saturated carbocycles. The van der Waals surface area contributed by atoms with E-state index in [4.69, 9.17) is 5.73 Å². The summed E-state index contributed by atoms with van der Waals surface area (Å²) in [5, 5.41) is -0.278. The van der Waals surface area contributed by atoms with Gasteiger partial charge in [0.15, 0.2) is 9.84 Å². The first-order chi connectivity index (χ1) is 8.01. The highest BCUT2D eigenvalue weighted by Gasteiger charge is 2.36. The number of rotatable bonds is 6. The topological polar surface area (TPSA) is 60.2 Å². The highest BCUT2D eigenvalue weighted by molar-refractivity contribution is 7.92. The van der Waals surface area contributed by atoms with Crippen molar-refractivity contribution in [3.63, 3.8) is 0 Å². The van der Waals surface area contributed by atoms with Crippen molar-refractivity contribution in [2.45, 2.75) is 70.1 Å². The molecule has 3 unspecified atom stereocenters. The molecular weight excluding hydrogens is 234 g/mol. The van der Waals surface area contributed by atoms with Gasteiger partial charge in [-0.25, -0.2) is 8.42 Å². The number of hydrogen-bond donors (Lipinski definition) is 1. The molecule has 0 aromatic heterocycles. The molecule has 0 spiro atoms. The predicted molar refractivity (Wildman–Crippen MR) is 72.7 cm³/mol. The Bertz CT molecular complexity index is 313. The van der Waals surface area contributed by atoms with Crippen molar-refractivity contribution in [1.82, 2.24) is 0 Å². The first-order valence-electron chi connectivity index (χ1n) is 6.98. The van der Waals surface area contributed by atoms with Crippen LogP contribution in [0.25, 0.3) is 0 Å². The van der Waals surface area contributed by atoms with E-state index in [1.807, 2.05) is 6.92 Å². The molecule has 4 heteroatoms. The molecule has 1 aliphatic carbocycles. The van der Waals surface area contributed by atoms with Crippen molar-refractivity contribution >= 4 is 9.84 Å². The lowest BCUT2D eigenvalue weighted by atomic mass is 9.83. The van der Waals surface area contributed by atoms with Crippen molar-refractivity contribution in [2.75, 3.05) is 5.75 Å². The van der Waals surface area contributed by atoms with Crippen LogP contribution in [0.15, 0.2) is 0 Å². The van der Waals surface area contributed by atoms with E-state index >= 15 is 0 Å². The number of sulfone groups is 1. The second kappa shape index (κ2) is 6.74. The van der Waals surface area contributed by atoms with Crippen LogP contribution in [0, 0.1) is 5.92 Å². The van der Waals surface area contributed by atoms with Gasteiger partial charge in [-0.05, 0) is 31.6 Å². The Balaban J connectivity index is 2.65. The van der Waals surface area contributed by atoms with Crippen molar-refractivity contribution in [1.29, 1.82) is 0 Å². The third-order valence-electron chi connectivity index (χ3n) is 3.89. The van der Waals surface area contributed by atoms with Crippen LogP contribution in [0.3, 0.4) is 0 Å². The van der Waals surface area contributed by atoms with Crippen LogP contribution in [0.5, 0.6) is 0 Å². The molecule has 3 atom stereocenters. The molecule has 0 aromatic carbocycles. The summed E-state index contributed by atoms with van der Waals surface area (Å²) in [7, 11) is -2.97. The highest BCUT2D eigenvalue weighted by atomic mass is 32.2. The number of hydrogen-bond acceptors (Lipinski definition) is 3. The molecule has 102 valence electrons. The van der Waals surface area contributed by atoms with Crippen LogP contribution in [-0.2, 0) is 9.84 Å². The molecule has 17 heavy (non-hydrogen) atoms. The van der Waals surface area contributed by atoms with Gasteiger partial charge in [0.25, 0.3) is 0 Å². The molecule has 0 bridgehead atoms. The zero-order chi connectivity index (χ0) is 12.9. The van der Waals surface area contributed by atoms with Gasteiger partial charge in [-0.1, -0.05) is 33.1 Å². The molecule has 3 nitrogen and oxygen atoms in total. The lowest BCUT2D eigenvalue weighted by molar-refractivity contribution is 0.309. The molecule has 0 aliphatic heterocycles. The zero-order valence-electron chi connectivity index (χ0n) is 11.2. The summed E-state index contributed by atoms with van der Waals surface area (Å²) in [6, 6.07) is -0.134. The lowest BCUT2D eigenvalue weighted by Gasteiger charge is -2.33. The first kappa shape index (κ1) is 15.0. The monoisotopic (exact) mass is 261 g/mol. The fourth-order valence-electron chi connectivity index (χ4n) is 2.82. The molecular formula is C13H27NO2S. The Morgan fingerprint density at radius 2 is 1.88 bits per heavy atom. The Kier molecular flexibility index (Phi) is 5.93. The summed E-state index contributed by atoms with van der Waals surface area (Å²) in [6.45, 7) is 4.19. The second-order valence-electron chi connectivity index (χ2n) is 5.39. The Morgan fingerprint density at radius 3 is 2.47 bits per heavy atom. The highest BCUT2D eigenvalue weighted by Crippen LogP contribution is 2.31. The Labute approximate surface area is 106 Å². The third-order valence-corrected chi connectivity index (χ3v) is 6.21. The van der Waals surface area contributed by atoms with E-state index in [9.17, 15) is 8.42 Å². The molecule has 0 radical (unpaired) electrons. The van der Waals surface area contributed by atoms with Crippen molar-refractivity contribution in [2.24, 2.45) is 11.7 Å². The molecule has 0 aromatic rings. The van der Waals surface area contributed by atoms with Gasteiger partial charge in [0.2, 0.25) is 0 Å². The van der Waals surface area contributed by atoms with E-state index in [-0.39, 0.29) is 11.3 Å². The number of unbranched alkanes of at least 4 members (excludes halogenated alkanes) is 1. The maximum Gasteiger partial charge on any atom is 0.154 e. The molecule has 0 saturated heterocycles. The Hall–Kier alpha value is -0.0900. The molecule has 0 heterocycles. The van der Waals surface area contributed by atoms with Crippen LogP contribution in [0.1, 0.15) is 58.8 Å². The van der Waals surface area contributed by atoms with E-state index in [2.05, 4.69) is 6.92 Å². The van der Waals surface area contributed by atoms with Gasteiger partial charge >= 0.3 is 0 Å². The summed E-state index contributed by atoms with van der Waals surface area (Å²) in [6.07, 6.45) is 6.76. The summed E-state index contributed by atoms with van der Waals surface area (Å²) < 4.78 is 24.4. The second-order valence-corrected chi connectivity index (χ2v) is 7.73.